The first-order chi connectivity index (χ1) is 10.1. The van der Waals surface area contributed by atoms with Crippen LogP contribution in [0.3, 0.4) is 0 Å². The number of carbonyl (C=O) groups is 1. The van der Waals surface area contributed by atoms with E-state index in [4.69, 9.17) is 9.84 Å². The first-order valence-corrected chi connectivity index (χ1v) is 6.62. The second-order valence-electron chi connectivity index (χ2n) is 5.08. The van der Waals surface area contributed by atoms with Crippen LogP contribution in [0.1, 0.15) is 12.8 Å². The number of carboxylic acids is 1. The normalized spacial score (nSPS) is 21.7. The Labute approximate surface area is 118 Å². The molecule has 9 nitrogen and oxygen atoms in total. The van der Waals surface area contributed by atoms with Crippen LogP contribution in [-0.2, 0) is 9.53 Å². The van der Waals surface area contributed by atoms with Crippen molar-refractivity contribution in [3.05, 3.63) is 16.6 Å². The van der Waals surface area contributed by atoms with Gasteiger partial charge in [-0.3, -0.25) is 19.7 Å². The molecule has 2 atom stereocenters. The summed E-state index contributed by atoms with van der Waals surface area (Å²) >= 11 is 0. The van der Waals surface area contributed by atoms with Crippen LogP contribution in [0, 0.1) is 5.92 Å². The molecule has 1 fully saturated rings. The molecule has 2 aromatic rings. The Morgan fingerprint density at radius 3 is 3.24 bits per heavy atom. The maximum absolute atomic E-state index is 11.7. The second kappa shape index (κ2) is 5.52. The highest BCUT2D eigenvalue weighted by Crippen LogP contribution is 2.22. The highest BCUT2D eigenvalue weighted by atomic mass is 16.5. The van der Waals surface area contributed by atoms with Gasteiger partial charge in [-0.15, -0.1) is 0 Å². The van der Waals surface area contributed by atoms with E-state index in [1.807, 2.05) is 0 Å². The number of hydrogen-bond donors (Lipinski definition) is 4. The summed E-state index contributed by atoms with van der Waals surface area (Å²) in [7, 11) is 0. The third kappa shape index (κ3) is 3.02. The summed E-state index contributed by atoms with van der Waals surface area (Å²) in [5.74, 6) is -0.439. The number of anilines is 1. The predicted octanol–water partition coefficient (Wildman–Crippen LogP) is -0.0621. The monoisotopic (exact) mass is 293 g/mol. The molecule has 9 heteroatoms. The Bertz CT molecular complexity index is 709. The number of hydrogen-bond acceptors (Lipinski definition) is 6. The van der Waals surface area contributed by atoms with E-state index >= 15 is 0 Å². The summed E-state index contributed by atoms with van der Waals surface area (Å²) < 4.78 is 5.53. The lowest BCUT2D eigenvalue weighted by molar-refractivity contribution is -0.138. The van der Waals surface area contributed by atoms with E-state index in [9.17, 15) is 9.59 Å². The third-order valence-electron chi connectivity index (χ3n) is 3.44. The average Bonchev–Trinajstić information content (AvgIpc) is 3.04. The number of aromatic nitrogens is 4. The van der Waals surface area contributed by atoms with Gasteiger partial charge in [0.2, 0.25) is 5.95 Å². The van der Waals surface area contributed by atoms with Gasteiger partial charge < -0.3 is 15.2 Å². The molecule has 3 heterocycles. The summed E-state index contributed by atoms with van der Waals surface area (Å²) in [6.07, 6.45) is 2.13. The fraction of sp³-hybridized carbons (Fsp3) is 0.500. The van der Waals surface area contributed by atoms with E-state index in [0.717, 1.165) is 0 Å². The van der Waals surface area contributed by atoms with E-state index in [1.54, 1.807) is 0 Å². The van der Waals surface area contributed by atoms with Gasteiger partial charge >= 0.3 is 5.97 Å². The number of fused-ring (bicyclic) bond motifs is 1. The molecular formula is C12H15N5O4. The van der Waals surface area contributed by atoms with E-state index in [-0.39, 0.29) is 24.0 Å². The van der Waals surface area contributed by atoms with Gasteiger partial charge in [-0.05, 0) is 12.3 Å². The fourth-order valence-electron chi connectivity index (χ4n) is 2.45. The van der Waals surface area contributed by atoms with Crippen molar-refractivity contribution in [2.24, 2.45) is 5.92 Å². The Hall–Kier alpha value is -2.42. The molecule has 0 aromatic carbocycles. The largest absolute Gasteiger partial charge is 0.481 e. The van der Waals surface area contributed by atoms with Crippen LogP contribution in [0.2, 0.25) is 0 Å². The number of rotatable bonds is 5. The van der Waals surface area contributed by atoms with E-state index in [0.29, 0.717) is 36.6 Å². The first kappa shape index (κ1) is 13.6. The average molecular weight is 293 g/mol. The summed E-state index contributed by atoms with van der Waals surface area (Å²) in [6.45, 7) is 0.904. The number of carboxylic acid groups (broad SMARTS) is 1. The number of aromatic amines is 2. The Morgan fingerprint density at radius 2 is 2.43 bits per heavy atom. The minimum atomic E-state index is -0.812. The predicted molar refractivity (Wildman–Crippen MR) is 73.1 cm³/mol. The summed E-state index contributed by atoms with van der Waals surface area (Å²) in [4.78, 5) is 29.2. The molecule has 2 unspecified atom stereocenters. The van der Waals surface area contributed by atoms with Crippen LogP contribution in [0.25, 0.3) is 11.0 Å². The fourth-order valence-corrected chi connectivity index (χ4v) is 2.45. The standard InChI is InChI=1S/C12H15N5O4/c18-9(19)2-6-1-7(21-5-6)3-13-12-15-10-8(4-14-17-10)11(20)16-12/h4,6-7H,1-3,5H2,(H,18,19)(H3,13,14,15,16,17,20). The Morgan fingerprint density at radius 1 is 1.57 bits per heavy atom. The Kier molecular flexibility index (Phi) is 3.57. The van der Waals surface area contributed by atoms with Crippen molar-refractivity contribution >= 4 is 23.0 Å². The van der Waals surface area contributed by atoms with Crippen molar-refractivity contribution in [1.82, 2.24) is 20.2 Å². The molecular weight excluding hydrogens is 278 g/mol. The van der Waals surface area contributed by atoms with E-state index < -0.39 is 5.97 Å². The SMILES string of the molecule is O=C(O)CC1COC(CNc2nc3[nH]ncc3c(=O)[nH]2)C1. The van der Waals surface area contributed by atoms with Crippen molar-refractivity contribution in [3.63, 3.8) is 0 Å². The molecule has 3 rings (SSSR count). The molecule has 1 saturated heterocycles. The molecule has 2 aromatic heterocycles. The first-order valence-electron chi connectivity index (χ1n) is 6.62. The van der Waals surface area contributed by atoms with Crippen molar-refractivity contribution < 1.29 is 14.6 Å². The van der Waals surface area contributed by atoms with Gasteiger partial charge in [-0.1, -0.05) is 0 Å². The van der Waals surface area contributed by atoms with Crippen LogP contribution < -0.4 is 10.9 Å². The molecule has 0 amide bonds. The van der Waals surface area contributed by atoms with E-state index in [1.165, 1.54) is 6.20 Å². The van der Waals surface area contributed by atoms with Crippen molar-refractivity contribution in [3.8, 4) is 0 Å². The highest BCUT2D eigenvalue weighted by Gasteiger charge is 2.27. The lowest BCUT2D eigenvalue weighted by Gasteiger charge is -2.11. The summed E-state index contributed by atoms with van der Waals surface area (Å²) in [5, 5.41) is 18.5. The van der Waals surface area contributed by atoms with E-state index in [2.05, 4.69) is 25.5 Å². The number of aliphatic carboxylic acids is 1. The quantitative estimate of drug-likeness (QED) is 0.606. The van der Waals surface area contributed by atoms with Gasteiger partial charge in [0.15, 0.2) is 5.65 Å². The minimum Gasteiger partial charge on any atom is -0.481 e. The van der Waals surface area contributed by atoms with Crippen LogP contribution in [0.15, 0.2) is 11.0 Å². The van der Waals surface area contributed by atoms with Crippen LogP contribution in [-0.4, -0.2) is 50.5 Å². The van der Waals surface area contributed by atoms with Gasteiger partial charge in [0.25, 0.3) is 5.56 Å². The Balaban J connectivity index is 1.59. The molecule has 0 aliphatic carbocycles. The van der Waals surface area contributed by atoms with Gasteiger partial charge in [-0.2, -0.15) is 10.1 Å². The molecule has 1 aliphatic heterocycles. The van der Waals surface area contributed by atoms with Gasteiger partial charge in [0.1, 0.15) is 5.39 Å². The van der Waals surface area contributed by atoms with Gasteiger partial charge in [0, 0.05) is 6.54 Å². The highest BCUT2D eigenvalue weighted by molar-refractivity contribution is 5.73. The zero-order valence-electron chi connectivity index (χ0n) is 11.1. The van der Waals surface area contributed by atoms with Gasteiger partial charge in [-0.25, -0.2) is 0 Å². The summed E-state index contributed by atoms with van der Waals surface area (Å²) in [5.41, 5.74) is 0.143. The second-order valence-corrected chi connectivity index (χ2v) is 5.08. The molecule has 0 bridgehead atoms. The van der Waals surface area contributed by atoms with Crippen LogP contribution in [0.4, 0.5) is 5.95 Å². The maximum Gasteiger partial charge on any atom is 0.303 e. The molecule has 0 spiro atoms. The van der Waals surface area contributed by atoms with Crippen molar-refractivity contribution in [2.75, 3.05) is 18.5 Å². The molecule has 4 N–H and O–H groups in total. The number of nitrogens with zero attached hydrogens (tertiary/aromatic N) is 2. The molecule has 21 heavy (non-hydrogen) atoms. The number of H-pyrrole nitrogens is 2. The minimum absolute atomic E-state index is 0.0383. The lowest BCUT2D eigenvalue weighted by Crippen LogP contribution is -2.22. The zero-order chi connectivity index (χ0) is 14.8. The number of nitrogens with one attached hydrogen (secondary N) is 3. The zero-order valence-corrected chi connectivity index (χ0v) is 11.1. The van der Waals surface area contributed by atoms with Crippen LogP contribution in [0.5, 0.6) is 0 Å². The molecule has 112 valence electrons. The van der Waals surface area contributed by atoms with Crippen molar-refractivity contribution in [1.29, 1.82) is 0 Å². The van der Waals surface area contributed by atoms with Crippen LogP contribution >= 0.6 is 0 Å². The number of ether oxygens (including phenoxy) is 1. The van der Waals surface area contributed by atoms with Crippen molar-refractivity contribution in [2.45, 2.75) is 18.9 Å². The topological polar surface area (TPSA) is 133 Å². The molecule has 0 saturated carbocycles. The smallest absolute Gasteiger partial charge is 0.303 e. The molecule has 0 radical (unpaired) electrons. The third-order valence-corrected chi connectivity index (χ3v) is 3.44. The lowest BCUT2D eigenvalue weighted by atomic mass is 10.0. The summed E-state index contributed by atoms with van der Waals surface area (Å²) in [6, 6.07) is 0. The van der Waals surface area contributed by atoms with Gasteiger partial charge in [0.05, 0.1) is 25.3 Å². The molecule has 1 aliphatic rings. The maximum atomic E-state index is 11.7.